The van der Waals surface area contributed by atoms with Gasteiger partial charge in [-0.1, -0.05) is 0 Å². The average molecular weight is 314 g/mol. The van der Waals surface area contributed by atoms with E-state index in [0.717, 1.165) is 4.47 Å². The Bertz CT molecular complexity index is 464. The average Bonchev–Trinajstić information content (AvgIpc) is 2.24. The van der Waals surface area contributed by atoms with Crippen molar-refractivity contribution in [3.05, 3.63) is 28.5 Å². The molecule has 0 radical (unpaired) electrons. The quantitative estimate of drug-likeness (QED) is 0.635. The molecule has 0 spiro atoms. The van der Waals surface area contributed by atoms with Crippen LogP contribution in [0.2, 0.25) is 0 Å². The molecule has 0 amide bonds. The molecule has 0 aliphatic heterocycles. The van der Waals surface area contributed by atoms with Crippen LogP contribution in [0.25, 0.3) is 6.08 Å². The SMILES string of the molecule is COc1cc(Br)cnc1/C=C/C(=O)OC(C)(C)C. The highest BCUT2D eigenvalue weighted by molar-refractivity contribution is 9.10. The van der Waals surface area contributed by atoms with Crippen molar-refractivity contribution >= 4 is 28.0 Å². The fraction of sp³-hybridized carbons (Fsp3) is 0.385. The molecular formula is C13H16BrNO3. The van der Waals surface area contributed by atoms with Gasteiger partial charge in [-0.3, -0.25) is 4.98 Å². The third kappa shape index (κ3) is 4.87. The fourth-order valence-corrected chi connectivity index (χ4v) is 1.51. The first-order valence-corrected chi connectivity index (χ1v) is 6.22. The smallest absolute Gasteiger partial charge is 0.331 e. The number of aromatic nitrogens is 1. The Labute approximate surface area is 115 Å². The molecule has 98 valence electrons. The van der Waals surface area contributed by atoms with Crippen LogP contribution in [0.4, 0.5) is 0 Å². The van der Waals surface area contributed by atoms with E-state index in [1.807, 2.05) is 20.8 Å². The van der Waals surface area contributed by atoms with Crippen LogP contribution in [0.3, 0.4) is 0 Å². The zero-order valence-corrected chi connectivity index (χ0v) is 12.4. The number of carbonyl (C=O) groups excluding carboxylic acids is 1. The number of halogens is 1. The number of rotatable bonds is 3. The lowest BCUT2D eigenvalue weighted by molar-refractivity contribution is -0.148. The second kappa shape index (κ2) is 6.00. The molecule has 0 atom stereocenters. The van der Waals surface area contributed by atoms with Gasteiger partial charge in [0.2, 0.25) is 0 Å². The van der Waals surface area contributed by atoms with E-state index in [2.05, 4.69) is 20.9 Å². The number of pyridine rings is 1. The van der Waals surface area contributed by atoms with Gasteiger partial charge in [-0.2, -0.15) is 0 Å². The zero-order valence-electron chi connectivity index (χ0n) is 10.9. The van der Waals surface area contributed by atoms with Gasteiger partial charge in [-0.05, 0) is 48.8 Å². The van der Waals surface area contributed by atoms with Crippen LogP contribution < -0.4 is 4.74 Å². The molecule has 0 saturated carbocycles. The maximum atomic E-state index is 11.5. The predicted molar refractivity (Wildman–Crippen MR) is 73.4 cm³/mol. The highest BCUT2D eigenvalue weighted by Crippen LogP contribution is 2.22. The Balaban J connectivity index is 2.81. The molecule has 18 heavy (non-hydrogen) atoms. The van der Waals surface area contributed by atoms with Crippen molar-refractivity contribution in [3.8, 4) is 5.75 Å². The second-order valence-electron chi connectivity index (χ2n) is 4.61. The van der Waals surface area contributed by atoms with E-state index in [-0.39, 0.29) is 0 Å². The Morgan fingerprint density at radius 2 is 2.11 bits per heavy atom. The van der Waals surface area contributed by atoms with Crippen LogP contribution in [0.1, 0.15) is 26.5 Å². The van der Waals surface area contributed by atoms with Gasteiger partial charge in [0, 0.05) is 16.7 Å². The van der Waals surface area contributed by atoms with Gasteiger partial charge in [-0.25, -0.2) is 4.79 Å². The lowest BCUT2D eigenvalue weighted by atomic mass is 10.2. The molecule has 0 saturated heterocycles. The highest BCUT2D eigenvalue weighted by Gasteiger charge is 2.14. The summed E-state index contributed by atoms with van der Waals surface area (Å²) in [5.41, 5.74) is 0.0742. The van der Waals surface area contributed by atoms with Crippen LogP contribution in [0, 0.1) is 0 Å². The first-order chi connectivity index (χ1) is 8.31. The topological polar surface area (TPSA) is 48.4 Å². The van der Waals surface area contributed by atoms with Gasteiger partial charge in [0.25, 0.3) is 0 Å². The second-order valence-corrected chi connectivity index (χ2v) is 5.52. The van der Waals surface area contributed by atoms with Crippen molar-refractivity contribution in [1.29, 1.82) is 0 Å². The summed E-state index contributed by atoms with van der Waals surface area (Å²) in [6.45, 7) is 5.45. The minimum absolute atomic E-state index is 0.408. The van der Waals surface area contributed by atoms with E-state index < -0.39 is 11.6 Å². The molecule has 5 heteroatoms. The summed E-state index contributed by atoms with van der Waals surface area (Å²) in [6.07, 6.45) is 4.54. The van der Waals surface area contributed by atoms with E-state index in [9.17, 15) is 4.79 Å². The van der Waals surface area contributed by atoms with E-state index >= 15 is 0 Å². The summed E-state index contributed by atoms with van der Waals surface area (Å²) < 4.78 is 11.1. The number of esters is 1. The Hall–Kier alpha value is -1.36. The normalized spacial score (nSPS) is 11.6. The van der Waals surface area contributed by atoms with Crippen molar-refractivity contribution in [2.24, 2.45) is 0 Å². The molecule has 0 aliphatic carbocycles. The van der Waals surface area contributed by atoms with Crippen molar-refractivity contribution in [3.63, 3.8) is 0 Å². The lowest BCUT2D eigenvalue weighted by Crippen LogP contribution is -2.22. The summed E-state index contributed by atoms with van der Waals surface area (Å²) >= 11 is 3.30. The largest absolute Gasteiger partial charge is 0.494 e. The van der Waals surface area contributed by atoms with Gasteiger partial charge >= 0.3 is 5.97 Å². The monoisotopic (exact) mass is 313 g/mol. The minimum atomic E-state index is -0.501. The van der Waals surface area contributed by atoms with Gasteiger partial charge in [-0.15, -0.1) is 0 Å². The molecule has 0 aromatic carbocycles. The summed E-state index contributed by atoms with van der Waals surface area (Å²) in [7, 11) is 1.55. The third-order valence-electron chi connectivity index (χ3n) is 1.85. The van der Waals surface area contributed by atoms with E-state index in [1.54, 1.807) is 25.4 Å². The molecule has 1 aromatic heterocycles. The molecule has 1 heterocycles. The highest BCUT2D eigenvalue weighted by atomic mass is 79.9. The number of carbonyl (C=O) groups is 1. The van der Waals surface area contributed by atoms with Crippen LogP contribution in [0.15, 0.2) is 22.8 Å². The summed E-state index contributed by atoms with van der Waals surface area (Å²) in [4.78, 5) is 15.7. The third-order valence-corrected chi connectivity index (χ3v) is 2.29. The van der Waals surface area contributed by atoms with Crippen LogP contribution >= 0.6 is 15.9 Å². The Kier molecular flexibility index (Phi) is 4.90. The standard InChI is InChI=1S/C13H16BrNO3/c1-13(2,3)18-12(16)6-5-10-11(17-4)7-9(14)8-15-10/h5-8H,1-4H3/b6-5+. The van der Waals surface area contributed by atoms with Gasteiger partial charge < -0.3 is 9.47 Å². The molecule has 0 bridgehead atoms. The summed E-state index contributed by atoms with van der Waals surface area (Å²) in [5.74, 6) is 0.179. The van der Waals surface area contributed by atoms with Gasteiger partial charge in [0.15, 0.2) is 0 Å². The molecule has 0 aliphatic rings. The summed E-state index contributed by atoms with van der Waals surface area (Å²) in [6, 6.07) is 1.78. The molecule has 1 rings (SSSR count). The molecule has 0 unspecified atom stereocenters. The molecule has 4 nitrogen and oxygen atoms in total. The Morgan fingerprint density at radius 3 is 2.67 bits per heavy atom. The first kappa shape index (κ1) is 14.7. The van der Waals surface area contributed by atoms with Crippen LogP contribution in [-0.2, 0) is 9.53 Å². The predicted octanol–water partition coefficient (Wildman–Crippen LogP) is 3.21. The molecule has 0 N–H and O–H groups in total. The summed E-state index contributed by atoms with van der Waals surface area (Å²) in [5, 5.41) is 0. The fourth-order valence-electron chi connectivity index (χ4n) is 1.20. The molecular weight excluding hydrogens is 298 g/mol. The lowest BCUT2D eigenvalue weighted by Gasteiger charge is -2.17. The number of hydrogen-bond acceptors (Lipinski definition) is 4. The Morgan fingerprint density at radius 1 is 1.44 bits per heavy atom. The number of ether oxygens (including phenoxy) is 2. The molecule has 1 aromatic rings. The molecule has 0 fully saturated rings. The minimum Gasteiger partial charge on any atom is -0.494 e. The van der Waals surface area contributed by atoms with E-state index in [1.165, 1.54) is 6.08 Å². The van der Waals surface area contributed by atoms with Crippen molar-refractivity contribution in [2.45, 2.75) is 26.4 Å². The number of methoxy groups -OCH3 is 1. The maximum Gasteiger partial charge on any atom is 0.331 e. The zero-order chi connectivity index (χ0) is 13.8. The number of hydrogen-bond donors (Lipinski definition) is 0. The van der Waals surface area contributed by atoms with Gasteiger partial charge in [0.05, 0.1) is 7.11 Å². The maximum absolute atomic E-state index is 11.5. The van der Waals surface area contributed by atoms with E-state index in [4.69, 9.17) is 9.47 Å². The van der Waals surface area contributed by atoms with Crippen molar-refractivity contribution < 1.29 is 14.3 Å². The number of nitrogens with zero attached hydrogens (tertiary/aromatic N) is 1. The van der Waals surface area contributed by atoms with E-state index in [0.29, 0.717) is 11.4 Å². The van der Waals surface area contributed by atoms with Crippen LogP contribution in [0.5, 0.6) is 5.75 Å². The van der Waals surface area contributed by atoms with Crippen molar-refractivity contribution in [2.75, 3.05) is 7.11 Å². The van der Waals surface area contributed by atoms with Crippen molar-refractivity contribution in [1.82, 2.24) is 4.98 Å². The van der Waals surface area contributed by atoms with Crippen LogP contribution in [-0.4, -0.2) is 23.7 Å². The van der Waals surface area contributed by atoms with Gasteiger partial charge in [0.1, 0.15) is 17.0 Å². The first-order valence-electron chi connectivity index (χ1n) is 5.42.